The van der Waals surface area contributed by atoms with Gasteiger partial charge in [-0.1, -0.05) is 36.4 Å². The van der Waals surface area contributed by atoms with Crippen LogP contribution in [-0.2, 0) is 0 Å². The van der Waals surface area contributed by atoms with Gasteiger partial charge in [0.2, 0.25) is 0 Å². The van der Waals surface area contributed by atoms with Gasteiger partial charge in [-0.3, -0.25) is 0 Å². The van der Waals surface area contributed by atoms with Gasteiger partial charge in [-0.15, -0.1) is 11.8 Å². The predicted octanol–water partition coefficient (Wildman–Crippen LogP) is 4.56. The fraction of sp³-hybridized carbons (Fsp3) is 0.0667. The highest BCUT2D eigenvalue weighted by Gasteiger charge is 2.06. The average Bonchev–Trinajstić information content (AvgIpc) is 2.82. The molecule has 1 nitrogen and oxygen atoms in total. The molecule has 0 aliphatic carbocycles. The lowest BCUT2D eigenvalue weighted by atomic mass is 10.1. The van der Waals surface area contributed by atoms with Crippen LogP contribution < -0.4 is 0 Å². The molecule has 0 radical (unpaired) electrons. The Kier molecular flexibility index (Phi) is 2.65. The first kappa shape index (κ1) is 10.5. The summed E-state index contributed by atoms with van der Waals surface area (Å²) in [6, 6.07) is 19.1. The number of aromatic amines is 1. The smallest absolute Gasteiger partial charge is 0.0476 e. The predicted molar refractivity (Wildman–Crippen MR) is 75.5 cm³/mol. The van der Waals surface area contributed by atoms with Crippen molar-refractivity contribution in [3.63, 3.8) is 0 Å². The molecule has 3 rings (SSSR count). The van der Waals surface area contributed by atoms with E-state index in [1.807, 2.05) is 0 Å². The molecule has 0 bridgehead atoms. The molecule has 0 aliphatic rings. The second kappa shape index (κ2) is 4.30. The van der Waals surface area contributed by atoms with Crippen molar-refractivity contribution in [2.75, 3.05) is 6.26 Å². The number of H-pyrrole nitrogens is 1. The van der Waals surface area contributed by atoms with Crippen LogP contribution in [0.3, 0.4) is 0 Å². The highest BCUT2D eigenvalue weighted by Crippen LogP contribution is 2.31. The monoisotopic (exact) mass is 239 g/mol. The maximum Gasteiger partial charge on any atom is 0.0476 e. The Bertz CT molecular complexity index is 622. The molecule has 0 fully saturated rings. The van der Waals surface area contributed by atoms with Crippen molar-refractivity contribution in [3.8, 4) is 11.3 Å². The van der Waals surface area contributed by atoms with E-state index in [-0.39, 0.29) is 0 Å². The number of rotatable bonds is 2. The van der Waals surface area contributed by atoms with Gasteiger partial charge in [0.05, 0.1) is 0 Å². The molecule has 0 spiro atoms. The number of hydrogen-bond acceptors (Lipinski definition) is 1. The third-order valence-electron chi connectivity index (χ3n) is 2.93. The summed E-state index contributed by atoms with van der Waals surface area (Å²) in [5, 5.41) is 1.26. The van der Waals surface area contributed by atoms with Crippen LogP contribution in [-0.4, -0.2) is 11.2 Å². The molecule has 0 atom stereocenters. The van der Waals surface area contributed by atoms with Crippen molar-refractivity contribution in [1.29, 1.82) is 0 Å². The standard InChI is InChI=1S/C15H13NS/c1-17-15-9-5-3-7-12(15)14-10-11-6-2-4-8-13(11)16-14/h2-10,16H,1H3. The van der Waals surface area contributed by atoms with Crippen LogP contribution in [0, 0.1) is 0 Å². The number of para-hydroxylation sites is 1. The van der Waals surface area contributed by atoms with E-state index in [0.29, 0.717) is 0 Å². The quantitative estimate of drug-likeness (QED) is 0.648. The zero-order valence-corrected chi connectivity index (χ0v) is 10.4. The SMILES string of the molecule is CSc1ccccc1-c1cc2ccccc2[nH]1. The first-order chi connectivity index (χ1) is 8.38. The molecule has 17 heavy (non-hydrogen) atoms. The largest absolute Gasteiger partial charge is 0.354 e. The molecule has 1 aromatic heterocycles. The van der Waals surface area contributed by atoms with Crippen LogP contribution in [0.2, 0.25) is 0 Å². The number of aromatic nitrogens is 1. The minimum Gasteiger partial charge on any atom is -0.354 e. The Morgan fingerprint density at radius 3 is 2.53 bits per heavy atom. The summed E-state index contributed by atoms with van der Waals surface area (Å²) in [5.41, 5.74) is 3.66. The first-order valence-electron chi connectivity index (χ1n) is 5.59. The normalized spacial score (nSPS) is 10.9. The van der Waals surface area contributed by atoms with Gasteiger partial charge >= 0.3 is 0 Å². The van der Waals surface area contributed by atoms with Crippen LogP contribution >= 0.6 is 11.8 Å². The second-order valence-electron chi connectivity index (χ2n) is 3.97. The molecule has 1 heterocycles. The highest BCUT2D eigenvalue weighted by atomic mass is 32.2. The summed E-state index contributed by atoms with van der Waals surface area (Å²) >= 11 is 1.78. The van der Waals surface area contributed by atoms with Crippen molar-refractivity contribution < 1.29 is 0 Å². The summed E-state index contributed by atoms with van der Waals surface area (Å²) < 4.78 is 0. The number of benzene rings is 2. The van der Waals surface area contributed by atoms with Crippen molar-refractivity contribution in [1.82, 2.24) is 4.98 Å². The fourth-order valence-corrected chi connectivity index (χ4v) is 2.70. The number of nitrogens with one attached hydrogen (secondary N) is 1. The minimum absolute atomic E-state index is 1.19. The van der Waals surface area contributed by atoms with Crippen LogP contribution in [0.5, 0.6) is 0 Å². The lowest BCUT2D eigenvalue weighted by molar-refractivity contribution is 1.38. The van der Waals surface area contributed by atoms with Gasteiger partial charge < -0.3 is 4.98 Å². The third kappa shape index (κ3) is 1.85. The molecule has 0 saturated carbocycles. The number of thioether (sulfide) groups is 1. The summed E-state index contributed by atoms with van der Waals surface area (Å²) in [6.07, 6.45) is 2.11. The van der Waals surface area contributed by atoms with E-state index < -0.39 is 0 Å². The maximum absolute atomic E-state index is 3.47. The number of fused-ring (bicyclic) bond motifs is 1. The fourth-order valence-electron chi connectivity index (χ4n) is 2.09. The Morgan fingerprint density at radius 1 is 0.941 bits per heavy atom. The summed E-state index contributed by atoms with van der Waals surface area (Å²) in [6.45, 7) is 0. The lowest BCUT2D eigenvalue weighted by Gasteiger charge is -2.04. The molecule has 2 aromatic carbocycles. The lowest BCUT2D eigenvalue weighted by Crippen LogP contribution is -1.80. The van der Waals surface area contributed by atoms with Gasteiger partial charge in [0.15, 0.2) is 0 Å². The second-order valence-corrected chi connectivity index (χ2v) is 4.82. The molecule has 84 valence electrons. The highest BCUT2D eigenvalue weighted by molar-refractivity contribution is 7.98. The Morgan fingerprint density at radius 2 is 1.71 bits per heavy atom. The summed E-state index contributed by atoms with van der Waals surface area (Å²) in [7, 11) is 0. The zero-order valence-electron chi connectivity index (χ0n) is 9.60. The van der Waals surface area contributed by atoms with Gasteiger partial charge in [-0.05, 0) is 24.5 Å². The Labute approximate surface area is 105 Å². The van der Waals surface area contributed by atoms with Gasteiger partial charge in [-0.25, -0.2) is 0 Å². The van der Waals surface area contributed by atoms with Crippen LogP contribution in [0.4, 0.5) is 0 Å². The molecule has 0 amide bonds. The number of hydrogen-bond donors (Lipinski definition) is 1. The molecule has 2 heteroatoms. The summed E-state index contributed by atoms with van der Waals surface area (Å²) in [4.78, 5) is 4.78. The van der Waals surface area contributed by atoms with Gasteiger partial charge in [0, 0.05) is 27.1 Å². The molecular formula is C15H13NS. The van der Waals surface area contributed by atoms with Gasteiger partial charge in [-0.2, -0.15) is 0 Å². The molecule has 0 unspecified atom stereocenters. The van der Waals surface area contributed by atoms with E-state index >= 15 is 0 Å². The third-order valence-corrected chi connectivity index (χ3v) is 3.72. The molecular weight excluding hydrogens is 226 g/mol. The minimum atomic E-state index is 1.19. The molecule has 1 N–H and O–H groups in total. The van der Waals surface area contributed by atoms with Crippen LogP contribution in [0.15, 0.2) is 59.5 Å². The van der Waals surface area contributed by atoms with Crippen molar-refractivity contribution >= 4 is 22.7 Å². The van der Waals surface area contributed by atoms with Gasteiger partial charge in [0.25, 0.3) is 0 Å². The Balaban J connectivity index is 2.20. The van der Waals surface area contributed by atoms with Crippen molar-refractivity contribution in [2.24, 2.45) is 0 Å². The zero-order chi connectivity index (χ0) is 11.7. The van der Waals surface area contributed by atoms with E-state index in [1.54, 1.807) is 11.8 Å². The van der Waals surface area contributed by atoms with E-state index in [2.05, 4.69) is 65.8 Å². The van der Waals surface area contributed by atoms with Crippen molar-refractivity contribution in [2.45, 2.75) is 4.90 Å². The van der Waals surface area contributed by atoms with E-state index in [4.69, 9.17) is 0 Å². The Hall–Kier alpha value is -1.67. The molecule has 0 aliphatic heterocycles. The van der Waals surface area contributed by atoms with E-state index in [9.17, 15) is 0 Å². The average molecular weight is 239 g/mol. The van der Waals surface area contributed by atoms with E-state index in [0.717, 1.165) is 0 Å². The van der Waals surface area contributed by atoms with Gasteiger partial charge in [0.1, 0.15) is 0 Å². The maximum atomic E-state index is 3.47. The first-order valence-corrected chi connectivity index (χ1v) is 6.82. The van der Waals surface area contributed by atoms with Crippen LogP contribution in [0.1, 0.15) is 0 Å². The topological polar surface area (TPSA) is 15.8 Å². The van der Waals surface area contributed by atoms with Crippen LogP contribution in [0.25, 0.3) is 22.2 Å². The molecule has 3 aromatic rings. The summed E-state index contributed by atoms with van der Waals surface area (Å²) in [5.74, 6) is 0. The van der Waals surface area contributed by atoms with E-state index in [1.165, 1.54) is 27.1 Å². The molecule has 0 saturated heterocycles. The van der Waals surface area contributed by atoms with Crippen molar-refractivity contribution in [3.05, 3.63) is 54.6 Å².